The number of imidazole rings is 1. The van der Waals surface area contributed by atoms with Crippen molar-refractivity contribution >= 4 is 0 Å². The fraction of sp³-hybridized carbons (Fsp3) is 0.200. The van der Waals surface area contributed by atoms with Gasteiger partial charge >= 0.3 is 0 Å². The van der Waals surface area contributed by atoms with E-state index in [2.05, 4.69) is 20.4 Å². The minimum absolute atomic E-state index is 0.00222. The molecule has 1 unspecified atom stereocenters. The summed E-state index contributed by atoms with van der Waals surface area (Å²) in [4.78, 5) is 11.2. The van der Waals surface area contributed by atoms with E-state index in [1.807, 2.05) is 12.1 Å². The number of rotatable bonds is 4. The molecular weight excluding hydrogens is 190 g/mol. The quantitative estimate of drug-likeness (QED) is 0.501. The zero-order valence-corrected chi connectivity index (χ0v) is 8.22. The van der Waals surface area contributed by atoms with Crippen LogP contribution in [0.1, 0.15) is 17.4 Å². The van der Waals surface area contributed by atoms with E-state index < -0.39 is 0 Å². The third-order valence-electron chi connectivity index (χ3n) is 2.24. The molecule has 0 bridgehead atoms. The Hall–Kier alpha value is -1.72. The van der Waals surface area contributed by atoms with Crippen molar-refractivity contribution in [3.05, 3.63) is 48.3 Å². The highest BCUT2D eigenvalue weighted by atomic mass is 15.2. The van der Waals surface area contributed by atoms with Crippen LogP contribution in [-0.2, 0) is 6.42 Å². The van der Waals surface area contributed by atoms with Crippen molar-refractivity contribution in [3.8, 4) is 0 Å². The lowest BCUT2D eigenvalue weighted by atomic mass is 10.1. The van der Waals surface area contributed by atoms with Gasteiger partial charge in [-0.2, -0.15) is 0 Å². The lowest BCUT2D eigenvalue weighted by Gasteiger charge is -2.12. The molecule has 5 heteroatoms. The van der Waals surface area contributed by atoms with Gasteiger partial charge in [-0.05, 0) is 24.1 Å². The van der Waals surface area contributed by atoms with E-state index >= 15 is 0 Å². The van der Waals surface area contributed by atoms with Crippen LogP contribution in [0.2, 0.25) is 0 Å². The number of nitrogens with one attached hydrogen (secondary N) is 2. The molecule has 78 valence electrons. The SMILES string of the molecule is NNC(Cc1ccncc1)c1ncc[nH]1. The first-order valence-corrected chi connectivity index (χ1v) is 4.74. The number of nitrogens with zero attached hydrogens (tertiary/aromatic N) is 2. The fourth-order valence-corrected chi connectivity index (χ4v) is 1.46. The Labute approximate surface area is 87.7 Å². The largest absolute Gasteiger partial charge is 0.347 e. The molecule has 2 aromatic rings. The second kappa shape index (κ2) is 4.68. The first-order valence-electron chi connectivity index (χ1n) is 4.74. The Morgan fingerprint density at radius 2 is 2.13 bits per heavy atom. The molecule has 2 heterocycles. The molecule has 0 saturated carbocycles. The molecule has 0 saturated heterocycles. The van der Waals surface area contributed by atoms with Crippen LogP contribution in [-0.4, -0.2) is 15.0 Å². The summed E-state index contributed by atoms with van der Waals surface area (Å²) >= 11 is 0. The molecule has 0 radical (unpaired) electrons. The van der Waals surface area contributed by atoms with Gasteiger partial charge in [-0.3, -0.25) is 10.8 Å². The highest BCUT2D eigenvalue weighted by Crippen LogP contribution is 2.12. The summed E-state index contributed by atoms with van der Waals surface area (Å²) in [7, 11) is 0. The number of hydrogen-bond acceptors (Lipinski definition) is 4. The maximum absolute atomic E-state index is 5.49. The summed E-state index contributed by atoms with van der Waals surface area (Å²) in [5.74, 6) is 6.33. The van der Waals surface area contributed by atoms with Crippen LogP contribution in [0.5, 0.6) is 0 Å². The predicted octanol–water partition coefficient (Wildman–Crippen LogP) is 0.552. The number of pyridine rings is 1. The van der Waals surface area contributed by atoms with Crippen LogP contribution in [0.4, 0.5) is 0 Å². The number of nitrogens with two attached hydrogens (primary N) is 1. The van der Waals surface area contributed by atoms with E-state index in [9.17, 15) is 0 Å². The van der Waals surface area contributed by atoms with Crippen LogP contribution in [0, 0.1) is 0 Å². The van der Waals surface area contributed by atoms with Crippen LogP contribution in [0.15, 0.2) is 36.9 Å². The lowest BCUT2D eigenvalue weighted by molar-refractivity contribution is 0.527. The summed E-state index contributed by atoms with van der Waals surface area (Å²) in [6, 6.07) is 3.93. The Bertz CT molecular complexity index is 383. The maximum atomic E-state index is 5.49. The first kappa shape index (κ1) is 9.82. The molecule has 0 aliphatic heterocycles. The number of hydrogen-bond donors (Lipinski definition) is 3. The maximum Gasteiger partial charge on any atom is 0.124 e. The molecule has 1 atom stereocenters. The third-order valence-corrected chi connectivity index (χ3v) is 2.24. The van der Waals surface area contributed by atoms with Gasteiger partial charge in [-0.1, -0.05) is 0 Å². The van der Waals surface area contributed by atoms with Gasteiger partial charge in [0.15, 0.2) is 0 Å². The molecule has 2 aromatic heterocycles. The van der Waals surface area contributed by atoms with Crippen molar-refractivity contribution in [3.63, 3.8) is 0 Å². The highest BCUT2D eigenvalue weighted by Gasteiger charge is 2.12. The normalized spacial score (nSPS) is 12.6. The molecule has 0 fully saturated rings. The lowest BCUT2D eigenvalue weighted by Crippen LogP contribution is -2.30. The molecule has 4 N–H and O–H groups in total. The van der Waals surface area contributed by atoms with Gasteiger partial charge in [0.2, 0.25) is 0 Å². The molecule has 5 nitrogen and oxygen atoms in total. The van der Waals surface area contributed by atoms with Crippen LogP contribution in [0.25, 0.3) is 0 Å². The molecule has 0 amide bonds. The summed E-state index contributed by atoms with van der Waals surface area (Å²) < 4.78 is 0. The van der Waals surface area contributed by atoms with Crippen LogP contribution in [0.3, 0.4) is 0 Å². The van der Waals surface area contributed by atoms with Gasteiger partial charge in [0.1, 0.15) is 5.82 Å². The molecule has 0 aliphatic rings. The number of aromatic amines is 1. The van der Waals surface area contributed by atoms with Crippen LogP contribution < -0.4 is 11.3 Å². The van der Waals surface area contributed by atoms with E-state index in [0.29, 0.717) is 0 Å². The van der Waals surface area contributed by atoms with Gasteiger partial charge in [-0.15, -0.1) is 0 Å². The minimum Gasteiger partial charge on any atom is -0.347 e. The van der Waals surface area contributed by atoms with E-state index in [0.717, 1.165) is 12.2 Å². The zero-order valence-electron chi connectivity index (χ0n) is 8.22. The Morgan fingerprint density at radius 1 is 1.33 bits per heavy atom. The van der Waals surface area contributed by atoms with Gasteiger partial charge in [0.05, 0.1) is 6.04 Å². The Kier molecular flexibility index (Phi) is 3.06. The standard InChI is InChI=1S/C10H13N5/c11-15-9(10-13-5-6-14-10)7-8-1-3-12-4-2-8/h1-6,9,15H,7,11H2,(H,13,14). The Morgan fingerprint density at radius 3 is 2.73 bits per heavy atom. The van der Waals surface area contributed by atoms with Crippen molar-refractivity contribution in [2.45, 2.75) is 12.5 Å². The number of H-pyrrole nitrogens is 1. The fourth-order valence-electron chi connectivity index (χ4n) is 1.46. The molecular formula is C10H13N5. The smallest absolute Gasteiger partial charge is 0.124 e. The molecule has 0 spiro atoms. The third kappa shape index (κ3) is 2.39. The molecule has 0 aliphatic carbocycles. The van der Waals surface area contributed by atoms with Crippen molar-refractivity contribution in [2.75, 3.05) is 0 Å². The van der Waals surface area contributed by atoms with Crippen molar-refractivity contribution in [1.29, 1.82) is 0 Å². The molecule has 0 aromatic carbocycles. The van der Waals surface area contributed by atoms with Crippen LogP contribution >= 0.6 is 0 Å². The second-order valence-corrected chi connectivity index (χ2v) is 3.25. The number of aromatic nitrogens is 3. The van der Waals surface area contributed by atoms with E-state index in [1.165, 1.54) is 5.56 Å². The van der Waals surface area contributed by atoms with Gasteiger partial charge in [-0.25, -0.2) is 10.4 Å². The average Bonchev–Trinajstić information content (AvgIpc) is 2.81. The summed E-state index contributed by atoms with van der Waals surface area (Å²) in [5.41, 5.74) is 3.91. The number of hydrazine groups is 1. The van der Waals surface area contributed by atoms with Gasteiger partial charge in [0, 0.05) is 24.8 Å². The summed E-state index contributed by atoms with van der Waals surface area (Å²) in [6.45, 7) is 0. The average molecular weight is 203 g/mol. The van der Waals surface area contributed by atoms with E-state index in [-0.39, 0.29) is 6.04 Å². The Balaban J connectivity index is 2.10. The summed E-state index contributed by atoms with van der Waals surface area (Å²) in [5, 5.41) is 0. The van der Waals surface area contributed by atoms with Gasteiger partial charge < -0.3 is 4.98 Å². The second-order valence-electron chi connectivity index (χ2n) is 3.25. The summed E-state index contributed by atoms with van der Waals surface area (Å²) in [6.07, 6.45) is 7.82. The molecule has 15 heavy (non-hydrogen) atoms. The minimum atomic E-state index is 0.00222. The zero-order chi connectivity index (χ0) is 10.5. The van der Waals surface area contributed by atoms with Gasteiger partial charge in [0.25, 0.3) is 0 Å². The molecule has 2 rings (SSSR count). The first-order chi connectivity index (χ1) is 7.40. The monoisotopic (exact) mass is 203 g/mol. The van der Waals surface area contributed by atoms with Crippen molar-refractivity contribution in [2.24, 2.45) is 5.84 Å². The van der Waals surface area contributed by atoms with Crippen molar-refractivity contribution in [1.82, 2.24) is 20.4 Å². The predicted molar refractivity (Wildman–Crippen MR) is 56.6 cm³/mol. The van der Waals surface area contributed by atoms with E-state index in [4.69, 9.17) is 5.84 Å². The van der Waals surface area contributed by atoms with E-state index in [1.54, 1.807) is 24.8 Å². The topological polar surface area (TPSA) is 79.6 Å². The highest BCUT2D eigenvalue weighted by molar-refractivity contribution is 5.13. The van der Waals surface area contributed by atoms with Crippen molar-refractivity contribution < 1.29 is 0 Å².